The molecular formula is C24H29N7O. The Bertz CT molecular complexity index is 1200. The number of likely N-dealkylation sites (tertiary alicyclic amines) is 1. The van der Waals surface area contributed by atoms with Gasteiger partial charge in [0.1, 0.15) is 0 Å². The minimum atomic E-state index is 0.0155. The van der Waals surface area contributed by atoms with Crippen molar-refractivity contribution in [1.29, 1.82) is 0 Å². The lowest BCUT2D eigenvalue weighted by molar-refractivity contribution is 0.183. The Balaban J connectivity index is 1.04. The van der Waals surface area contributed by atoms with Crippen molar-refractivity contribution < 1.29 is 0 Å². The van der Waals surface area contributed by atoms with Gasteiger partial charge in [-0.25, -0.2) is 4.79 Å². The highest BCUT2D eigenvalue weighted by molar-refractivity contribution is 5.75. The molecule has 0 atom stereocenters. The average Bonchev–Trinajstić information content (AvgIpc) is 3.44. The predicted molar refractivity (Wildman–Crippen MR) is 124 cm³/mol. The van der Waals surface area contributed by atoms with Crippen LogP contribution in [0.5, 0.6) is 0 Å². The van der Waals surface area contributed by atoms with Gasteiger partial charge in [0.15, 0.2) is 0 Å². The lowest BCUT2D eigenvalue weighted by atomic mass is 10.0. The first-order valence-electron chi connectivity index (χ1n) is 11.5. The predicted octanol–water partition coefficient (Wildman–Crippen LogP) is 3.49. The van der Waals surface area contributed by atoms with Gasteiger partial charge in [-0.3, -0.25) is 4.57 Å². The SMILES string of the molecule is O=c1[nH]c2ccccc2n1C1CCN(CCCCCn2nnc(-c3ccccc3)n2)CC1. The third-order valence-electron chi connectivity index (χ3n) is 6.36. The van der Waals surface area contributed by atoms with E-state index in [4.69, 9.17) is 0 Å². The van der Waals surface area contributed by atoms with Crippen LogP contribution < -0.4 is 5.69 Å². The van der Waals surface area contributed by atoms with Crippen LogP contribution in [0.1, 0.15) is 38.1 Å². The van der Waals surface area contributed by atoms with Crippen LogP contribution in [0, 0.1) is 0 Å². The molecule has 1 fully saturated rings. The lowest BCUT2D eigenvalue weighted by Gasteiger charge is -2.32. The number of nitrogens with zero attached hydrogens (tertiary/aromatic N) is 6. The molecule has 3 heterocycles. The van der Waals surface area contributed by atoms with Crippen molar-refractivity contribution >= 4 is 11.0 Å². The number of fused-ring (bicyclic) bond motifs is 1. The van der Waals surface area contributed by atoms with Gasteiger partial charge in [0.25, 0.3) is 0 Å². The van der Waals surface area contributed by atoms with E-state index >= 15 is 0 Å². The number of tetrazole rings is 1. The number of unbranched alkanes of at least 4 members (excludes halogenated alkanes) is 2. The maximum atomic E-state index is 12.4. The second kappa shape index (κ2) is 9.48. The summed E-state index contributed by atoms with van der Waals surface area (Å²) in [5, 5.41) is 12.8. The Hall–Kier alpha value is -3.26. The Labute approximate surface area is 186 Å². The summed E-state index contributed by atoms with van der Waals surface area (Å²) in [6.07, 6.45) is 5.40. The number of piperidine rings is 1. The molecule has 8 heteroatoms. The van der Waals surface area contributed by atoms with Gasteiger partial charge in [-0.2, -0.15) is 4.80 Å². The molecule has 0 aliphatic carbocycles. The van der Waals surface area contributed by atoms with E-state index < -0.39 is 0 Å². The number of para-hydroxylation sites is 2. The molecule has 2 aromatic heterocycles. The van der Waals surface area contributed by atoms with Gasteiger partial charge in [0.2, 0.25) is 5.82 Å². The van der Waals surface area contributed by atoms with Crippen LogP contribution in [0.4, 0.5) is 0 Å². The zero-order valence-corrected chi connectivity index (χ0v) is 18.2. The summed E-state index contributed by atoms with van der Waals surface area (Å²) in [5.41, 5.74) is 2.96. The maximum Gasteiger partial charge on any atom is 0.326 e. The first kappa shape index (κ1) is 20.6. The van der Waals surface area contributed by atoms with Crippen LogP contribution in [-0.2, 0) is 6.54 Å². The first-order valence-corrected chi connectivity index (χ1v) is 11.5. The molecule has 0 amide bonds. The fraction of sp³-hybridized carbons (Fsp3) is 0.417. The highest BCUT2D eigenvalue weighted by atomic mass is 16.1. The van der Waals surface area contributed by atoms with Gasteiger partial charge < -0.3 is 9.88 Å². The number of H-pyrrole nitrogens is 1. The zero-order valence-electron chi connectivity index (χ0n) is 18.2. The first-order chi connectivity index (χ1) is 15.8. The largest absolute Gasteiger partial charge is 0.326 e. The van der Waals surface area contributed by atoms with Crippen molar-refractivity contribution in [3.8, 4) is 11.4 Å². The van der Waals surface area contributed by atoms with Gasteiger partial charge in [-0.05, 0) is 49.6 Å². The molecule has 4 aromatic rings. The van der Waals surface area contributed by atoms with Crippen molar-refractivity contribution in [2.24, 2.45) is 0 Å². The van der Waals surface area contributed by atoms with Crippen LogP contribution >= 0.6 is 0 Å². The summed E-state index contributed by atoms with van der Waals surface area (Å²) < 4.78 is 1.96. The van der Waals surface area contributed by atoms with Crippen molar-refractivity contribution in [3.63, 3.8) is 0 Å². The van der Waals surface area contributed by atoms with E-state index in [9.17, 15) is 4.79 Å². The quantitative estimate of drug-likeness (QED) is 0.432. The molecule has 8 nitrogen and oxygen atoms in total. The van der Waals surface area contributed by atoms with E-state index in [0.717, 1.165) is 74.9 Å². The fourth-order valence-electron chi connectivity index (χ4n) is 4.64. The highest BCUT2D eigenvalue weighted by Crippen LogP contribution is 2.25. The normalized spacial score (nSPS) is 15.5. The van der Waals surface area contributed by atoms with E-state index in [0.29, 0.717) is 5.82 Å². The van der Waals surface area contributed by atoms with Crippen molar-refractivity contribution in [2.75, 3.05) is 19.6 Å². The molecule has 0 spiro atoms. The maximum absolute atomic E-state index is 12.4. The molecular weight excluding hydrogens is 402 g/mol. The smallest absolute Gasteiger partial charge is 0.306 e. The van der Waals surface area contributed by atoms with Crippen LogP contribution in [0.25, 0.3) is 22.4 Å². The molecule has 0 radical (unpaired) electrons. The minimum absolute atomic E-state index is 0.0155. The second-order valence-electron chi connectivity index (χ2n) is 8.53. The van der Waals surface area contributed by atoms with E-state index in [1.165, 1.54) is 0 Å². The van der Waals surface area contributed by atoms with Gasteiger partial charge in [0.05, 0.1) is 17.6 Å². The van der Waals surface area contributed by atoms with Crippen molar-refractivity contribution in [1.82, 2.24) is 34.7 Å². The highest BCUT2D eigenvalue weighted by Gasteiger charge is 2.23. The van der Waals surface area contributed by atoms with E-state index in [2.05, 4.69) is 25.3 Å². The van der Waals surface area contributed by atoms with Crippen LogP contribution in [-0.4, -0.2) is 54.3 Å². The van der Waals surface area contributed by atoms with Crippen molar-refractivity contribution in [3.05, 3.63) is 65.1 Å². The molecule has 0 unspecified atom stereocenters. The van der Waals surface area contributed by atoms with Gasteiger partial charge in [0, 0.05) is 24.7 Å². The summed E-state index contributed by atoms with van der Waals surface area (Å²) in [7, 11) is 0. The van der Waals surface area contributed by atoms with Crippen molar-refractivity contribution in [2.45, 2.75) is 44.7 Å². The van der Waals surface area contributed by atoms with Gasteiger partial charge in [-0.15, -0.1) is 10.2 Å². The topological polar surface area (TPSA) is 84.6 Å². The third kappa shape index (κ3) is 4.50. The van der Waals surface area contributed by atoms with E-state index in [1.54, 1.807) is 4.80 Å². The minimum Gasteiger partial charge on any atom is -0.306 e. The molecule has 2 aromatic carbocycles. The van der Waals surface area contributed by atoms with E-state index in [-0.39, 0.29) is 11.7 Å². The number of rotatable bonds is 8. The standard InChI is InChI=1S/C24H29N7O/c32-24-25-21-11-5-6-12-22(21)31(24)20-13-17-29(18-14-20)15-7-2-8-16-30-27-23(26-28-30)19-9-3-1-4-10-19/h1,3-6,9-12,20H,2,7-8,13-18H2,(H,25,32). The summed E-state index contributed by atoms with van der Waals surface area (Å²) in [6.45, 7) is 3.99. The number of nitrogens with one attached hydrogen (secondary N) is 1. The number of imidazole rings is 1. The molecule has 32 heavy (non-hydrogen) atoms. The summed E-state index contributed by atoms with van der Waals surface area (Å²) >= 11 is 0. The number of aromatic nitrogens is 6. The fourth-order valence-corrected chi connectivity index (χ4v) is 4.64. The van der Waals surface area contributed by atoms with Crippen LogP contribution in [0.3, 0.4) is 0 Å². The molecule has 1 aliphatic heterocycles. The molecule has 166 valence electrons. The third-order valence-corrected chi connectivity index (χ3v) is 6.36. The van der Waals surface area contributed by atoms with E-state index in [1.807, 2.05) is 59.2 Å². The number of benzene rings is 2. The molecule has 1 saturated heterocycles. The molecule has 1 N–H and O–H groups in total. The summed E-state index contributed by atoms with van der Waals surface area (Å²) in [6, 6.07) is 18.2. The Morgan fingerprint density at radius 1 is 0.906 bits per heavy atom. The monoisotopic (exact) mass is 431 g/mol. The Morgan fingerprint density at radius 2 is 1.66 bits per heavy atom. The molecule has 1 aliphatic rings. The number of hydrogen-bond donors (Lipinski definition) is 1. The second-order valence-corrected chi connectivity index (χ2v) is 8.53. The number of hydrogen-bond acceptors (Lipinski definition) is 5. The number of aromatic amines is 1. The van der Waals surface area contributed by atoms with Crippen LogP contribution in [0.2, 0.25) is 0 Å². The Morgan fingerprint density at radius 3 is 2.50 bits per heavy atom. The van der Waals surface area contributed by atoms with Crippen LogP contribution in [0.15, 0.2) is 59.4 Å². The lowest BCUT2D eigenvalue weighted by Crippen LogP contribution is -2.37. The van der Waals surface area contributed by atoms with Gasteiger partial charge >= 0.3 is 5.69 Å². The number of aryl methyl sites for hydroxylation is 1. The van der Waals surface area contributed by atoms with Gasteiger partial charge in [-0.1, -0.05) is 48.9 Å². The molecule has 5 rings (SSSR count). The molecule has 0 saturated carbocycles. The Kier molecular flexibility index (Phi) is 6.11. The average molecular weight is 432 g/mol. The zero-order chi connectivity index (χ0) is 21.8. The summed E-state index contributed by atoms with van der Waals surface area (Å²) in [4.78, 5) is 19.7. The summed E-state index contributed by atoms with van der Waals surface area (Å²) in [5.74, 6) is 0.683. The molecule has 0 bridgehead atoms.